The van der Waals surface area contributed by atoms with Crippen LogP contribution in [0.5, 0.6) is 0 Å². The Morgan fingerprint density at radius 2 is 1.91 bits per heavy atom. The number of rotatable bonds is 5. The minimum atomic E-state index is -0.776. The van der Waals surface area contributed by atoms with Crippen LogP contribution in [0.3, 0.4) is 0 Å². The quantitative estimate of drug-likeness (QED) is 0.866. The molecule has 0 heterocycles. The van der Waals surface area contributed by atoms with Crippen LogP contribution in [0.25, 0.3) is 0 Å². The van der Waals surface area contributed by atoms with E-state index >= 15 is 0 Å². The lowest BCUT2D eigenvalue weighted by Gasteiger charge is -2.24. The standard InChI is InChI=1S/C16H21F2N3O2/c1-21(16(23)14-4-2-3-10(14)8-19)9-15(22)20-13-6-11(17)5-12(18)7-13/h5-7,10,14H,2-4,8-9,19H2,1H3,(H,20,22)/t10-,14-/m1/s1. The summed E-state index contributed by atoms with van der Waals surface area (Å²) in [6.45, 7) is 0.282. The molecule has 5 nitrogen and oxygen atoms in total. The molecule has 1 aliphatic carbocycles. The number of hydrogen-bond donors (Lipinski definition) is 2. The first-order valence-electron chi connectivity index (χ1n) is 7.61. The summed E-state index contributed by atoms with van der Waals surface area (Å²) in [5.74, 6) is -2.16. The molecule has 0 aliphatic heterocycles. The normalized spacial score (nSPS) is 20.3. The first-order valence-corrected chi connectivity index (χ1v) is 7.61. The van der Waals surface area contributed by atoms with E-state index in [4.69, 9.17) is 5.73 Å². The molecule has 126 valence electrons. The Labute approximate surface area is 133 Å². The lowest BCUT2D eigenvalue weighted by atomic mass is 9.95. The van der Waals surface area contributed by atoms with Crippen molar-refractivity contribution in [1.29, 1.82) is 0 Å². The van der Waals surface area contributed by atoms with Crippen LogP contribution in [0.15, 0.2) is 18.2 Å². The molecule has 3 N–H and O–H groups in total. The van der Waals surface area contributed by atoms with Crippen molar-refractivity contribution in [3.05, 3.63) is 29.8 Å². The van der Waals surface area contributed by atoms with Gasteiger partial charge in [-0.15, -0.1) is 0 Å². The molecular formula is C16H21F2N3O2. The zero-order valence-corrected chi connectivity index (χ0v) is 13.0. The number of nitrogens with two attached hydrogens (primary N) is 1. The molecule has 0 spiro atoms. The van der Waals surface area contributed by atoms with Crippen LogP contribution >= 0.6 is 0 Å². The van der Waals surface area contributed by atoms with Gasteiger partial charge < -0.3 is 16.0 Å². The molecule has 23 heavy (non-hydrogen) atoms. The van der Waals surface area contributed by atoms with Crippen LogP contribution in [-0.4, -0.2) is 36.9 Å². The summed E-state index contributed by atoms with van der Waals surface area (Å²) in [4.78, 5) is 25.7. The summed E-state index contributed by atoms with van der Waals surface area (Å²) in [5, 5.41) is 2.39. The number of halogens is 2. The average Bonchev–Trinajstić information content (AvgIpc) is 2.93. The van der Waals surface area contributed by atoms with E-state index in [2.05, 4.69) is 5.32 Å². The first-order chi connectivity index (χ1) is 10.9. The van der Waals surface area contributed by atoms with Crippen molar-refractivity contribution in [2.45, 2.75) is 19.3 Å². The van der Waals surface area contributed by atoms with Gasteiger partial charge in [0.1, 0.15) is 11.6 Å². The second-order valence-corrected chi connectivity index (χ2v) is 5.93. The highest BCUT2D eigenvalue weighted by Gasteiger charge is 2.34. The molecule has 0 bridgehead atoms. The molecule has 1 fully saturated rings. The molecule has 0 aromatic heterocycles. The zero-order valence-electron chi connectivity index (χ0n) is 13.0. The van der Waals surface area contributed by atoms with Crippen molar-refractivity contribution in [1.82, 2.24) is 4.90 Å². The minimum Gasteiger partial charge on any atom is -0.336 e. The van der Waals surface area contributed by atoms with Gasteiger partial charge in [-0.3, -0.25) is 9.59 Å². The zero-order chi connectivity index (χ0) is 17.0. The van der Waals surface area contributed by atoms with E-state index in [-0.39, 0.29) is 30.0 Å². The van der Waals surface area contributed by atoms with Crippen LogP contribution in [0.4, 0.5) is 14.5 Å². The van der Waals surface area contributed by atoms with Crippen molar-refractivity contribution < 1.29 is 18.4 Å². The Kier molecular flexibility index (Phi) is 5.65. The van der Waals surface area contributed by atoms with E-state index in [1.54, 1.807) is 7.05 Å². The Balaban J connectivity index is 1.92. The number of carbonyl (C=O) groups is 2. The van der Waals surface area contributed by atoms with E-state index in [0.717, 1.165) is 37.5 Å². The summed E-state index contributed by atoms with van der Waals surface area (Å²) in [5.41, 5.74) is 5.70. The maximum atomic E-state index is 13.1. The van der Waals surface area contributed by atoms with Crippen molar-refractivity contribution in [3.8, 4) is 0 Å². The molecule has 2 rings (SSSR count). The minimum absolute atomic E-state index is 0.0223. The third kappa shape index (κ3) is 4.48. The van der Waals surface area contributed by atoms with Crippen LogP contribution < -0.4 is 11.1 Å². The lowest BCUT2D eigenvalue weighted by molar-refractivity contribution is -0.137. The van der Waals surface area contributed by atoms with E-state index in [0.29, 0.717) is 6.54 Å². The fourth-order valence-electron chi connectivity index (χ4n) is 3.05. The van der Waals surface area contributed by atoms with Crippen molar-refractivity contribution in [2.24, 2.45) is 17.6 Å². The Morgan fingerprint density at radius 1 is 1.26 bits per heavy atom. The van der Waals surface area contributed by atoms with Gasteiger partial charge in [0.25, 0.3) is 0 Å². The number of likely N-dealkylation sites (N-methyl/N-ethyl adjacent to an activating group) is 1. The van der Waals surface area contributed by atoms with Gasteiger partial charge >= 0.3 is 0 Å². The molecule has 1 aromatic carbocycles. The highest BCUT2D eigenvalue weighted by atomic mass is 19.1. The van der Waals surface area contributed by atoms with E-state index in [9.17, 15) is 18.4 Å². The Hall–Kier alpha value is -2.02. The highest BCUT2D eigenvalue weighted by molar-refractivity contribution is 5.94. The van der Waals surface area contributed by atoms with E-state index < -0.39 is 17.5 Å². The Morgan fingerprint density at radius 3 is 2.52 bits per heavy atom. The summed E-state index contributed by atoms with van der Waals surface area (Å²) < 4.78 is 26.2. The van der Waals surface area contributed by atoms with Crippen molar-refractivity contribution in [3.63, 3.8) is 0 Å². The SMILES string of the molecule is CN(CC(=O)Nc1cc(F)cc(F)c1)C(=O)[C@@H]1CCC[C@@H]1CN. The van der Waals surface area contributed by atoms with Crippen LogP contribution in [0.2, 0.25) is 0 Å². The third-order valence-electron chi connectivity index (χ3n) is 4.18. The smallest absolute Gasteiger partial charge is 0.243 e. The molecule has 1 aromatic rings. The highest BCUT2D eigenvalue weighted by Crippen LogP contribution is 2.32. The molecule has 0 unspecified atom stereocenters. The fraction of sp³-hybridized carbons (Fsp3) is 0.500. The van der Waals surface area contributed by atoms with Gasteiger partial charge in [-0.1, -0.05) is 6.42 Å². The number of nitrogens with one attached hydrogen (secondary N) is 1. The second kappa shape index (κ2) is 7.50. The van der Waals surface area contributed by atoms with E-state index in [1.807, 2.05) is 0 Å². The molecular weight excluding hydrogens is 304 g/mol. The maximum Gasteiger partial charge on any atom is 0.243 e. The summed E-state index contributed by atoms with van der Waals surface area (Å²) in [6.07, 6.45) is 2.66. The van der Waals surface area contributed by atoms with Crippen LogP contribution in [0.1, 0.15) is 19.3 Å². The molecule has 1 aliphatic rings. The van der Waals surface area contributed by atoms with Gasteiger partial charge in [-0.05, 0) is 37.4 Å². The first kappa shape index (κ1) is 17.3. The molecule has 0 saturated heterocycles. The van der Waals surface area contributed by atoms with Gasteiger partial charge in [0.15, 0.2) is 0 Å². The average molecular weight is 325 g/mol. The van der Waals surface area contributed by atoms with Crippen molar-refractivity contribution in [2.75, 3.05) is 25.5 Å². The topological polar surface area (TPSA) is 75.4 Å². The third-order valence-corrected chi connectivity index (χ3v) is 4.18. The summed E-state index contributed by atoms with van der Waals surface area (Å²) in [6, 6.07) is 2.76. The van der Waals surface area contributed by atoms with Gasteiger partial charge in [0.2, 0.25) is 11.8 Å². The molecule has 2 amide bonds. The lowest BCUT2D eigenvalue weighted by Crippen LogP contribution is -2.40. The summed E-state index contributed by atoms with van der Waals surface area (Å²) in [7, 11) is 1.54. The van der Waals surface area contributed by atoms with Crippen LogP contribution in [0, 0.1) is 23.5 Å². The predicted octanol–water partition coefficient (Wildman–Crippen LogP) is 1.74. The van der Waals surface area contributed by atoms with Gasteiger partial charge in [-0.2, -0.15) is 0 Å². The Bertz CT molecular complexity index is 574. The second-order valence-electron chi connectivity index (χ2n) is 5.93. The molecule has 2 atom stereocenters. The molecule has 0 radical (unpaired) electrons. The van der Waals surface area contributed by atoms with Gasteiger partial charge in [0, 0.05) is 24.7 Å². The predicted molar refractivity (Wildman–Crippen MR) is 82.5 cm³/mol. The largest absolute Gasteiger partial charge is 0.336 e. The maximum absolute atomic E-state index is 13.1. The molecule has 7 heteroatoms. The van der Waals surface area contributed by atoms with Gasteiger partial charge in [-0.25, -0.2) is 8.78 Å². The van der Waals surface area contributed by atoms with Gasteiger partial charge in [0.05, 0.1) is 6.54 Å². The molecule has 1 saturated carbocycles. The number of anilines is 1. The number of carbonyl (C=O) groups excluding carboxylic acids is 2. The van der Waals surface area contributed by atoms with Crippen LogP contribution in [-0.2, 0) is 9.59 Å². The fourth-order valence-corrected chi connectivity index (χ4v) is 3.05. The number of benzene rings is 1. The summed E-state index contributed by atoms with van der Waals surface area (Å²) >= 11 is 0. The number of nitrogens with zero attached hydrogens (tertiary/aromatic N) is 1. The number of amides is 2. The number of hydrogen-bond acceptors (Lipinski definition) is 3. The van der Waals surface area contributed by atoms with E-state index in [1.165, 1.54) is 4.90 Å². The monoisotopic (exact) mass is 325 g/mol. The van der Waals surface area contributed by atoms with Crippen molar-refractivity contribution >= 4 is 17.5 Å².